The number of carboxylic acid groups (broad SMARTS) is 2. The maximum atomic E-state index is 11.2. The maximum Gasteiger partial charge on any atom is 0.394 e. The lowest BCUT2D eigenvalue weighted by atomic mass is 10.1. The molecule has 1 amide bonds. The normalized spacial score (nSPS) is 11.2. The van der Waals surface area contributed by atoms with Gasteiger partial charge in [-0.3, -0.25) is 4.79 Å². The summed E-state index contributed by atoms with van der Waals surface area (Å²) in [7, 11) is 0. The number of aliphatic carboxylic acids is 2. The first kappa shape index (κ1) is 18.9. The third-order valence-electron chi connectivity index (χ3n) is 2.82. The van der Waals surface area contributed by atoms with E-state index in [0.717, 1.165) is 0 Å². The lowest BCUT2D eigenvalue weighted by Crippen LogP contribution is -2.45. The Bertz CT molecular complexity index is 610. The van der Waals surface area contributed by atoms with Gasteiger partial charge < -0.3 is 25.0 Å². The second-order valence-corrected chi connectivity index (χ2v) is 4.61. The maximum absolute atomic E-state index is 11.2. The fourth-order valence-electron chi connectivity index (χ4n) is 1.72. The monoisotopic (exact) mass is 339 g/mol. The van der Waals surface area contributed by atoms with Crippen LogP contribution >= 0.6 is 0 Å². The van der Waals surface area contributed by atoms with Crippen LogP contribution in [-0.4, -0.2) is 53.3 Å². The van der Waals surface area contributed by atoms with E-state index in [1.54, 1.807) is 19.1 Å². The fraction of sp³-hybridized carbons (Fsp3) is 0.333. The van der Waals surface area contributed by atoms with Gasteiger partial charge in [-0.15, -0.1) is 0 Å². The number of carboxylic acids is 2. The van der Waals surface area contributed by atoms with Crippen LogP contribution in [0.1, 0.15) is 12.5 Å². The van der Waals surface area contributed by atoms with Gasteiger partial charge >= 0.3 is 23.8 Å². The van der Waals surface area contributed by atoms with Crippen LogP contribution in [0.5, 0.6) is 5.75 Å². The largest absolute Gasteiger partial charge is 0.482 e. The van der Waals surface area contributed by atoms with Crippen LogP contribution in [0.25, 0.3) is 0 Å². The summed E-state index contributed by atoms with van der Waals surface area (Å²) in [5, 5.41) is 19.4. The van der Waals surface area contributed by atoms with Crippen LogP contribution in [0.4, 0.5) is 0 Å². The van der Waals surface area contributed by atoms with E-state index in [4.69, 9.17) is 19.7 Å². The molecule has 3 N–H and O–H groups in total. The van der Waals surface area contributed by atoms with Gasteiger partial charge in [0, 0.05) is 6.42 Å². The molecule has 1 rings (SSSR count). The van der Waals surface area contributed by atoms with E-state index in [9.17, 15) is 19.2 Å². The van der Waals surface area contributed by atoms with Crippen LogP contribution < -0.4 is 10.1 Å². The number of nitrogens with one attached hydrogen (secondary N) is 1. The number of amides is 1. The van der Waals surface area contributed by atoms with Gasteiger partial charge in [-0.25, -0.2) is 14.4 Å². The molecule has 0 aliphatic rings. The molecule has 1 aromatic rings. The molecule has 0 aromatic heterocycles. The van der Waals surface area contributed by atoms with Crippen molar-refractivity contribution in [2.75, 3.05) is 13.2 Å². The average Bonchev–Trinajstić information content (AvgIpc) is 2.53. The van der Waals surface area contributed by atoms with Crippen molar-refractivity contribution in [1.82, 2.24) is 5.32 Å². The Morgan fingerprint density at radius 2 is 1.75 bits per heavy atom. The first-order chi connectivity index (χ1) is 11.3. The van der Waals surface area contributed by atoms with Crippen LogP contribution in [0.15, 0.2) is 24.3 Å². The van der Waals surface area contributed by atoms with E-state index in [-0.39, 0.29) is 19.6 Å². The smallest absolute Gasteiger partial charge is 0.394 e. The van der Waals surface area contributed by atoms with E-state index < -0.39 is 29.9 Å². The minimum absolute atomic E-state index is 0.105. The predicted molar refractivity (Wildman–Crippen MR) is 79.5 cm³/mol. The topological polar surface area (TPSA) is 139 Å². The number of esters is 1. The summed E-state index contributed by atoms with van der Waals surface area (Å²) in [4.78, 5) is 43.8. The molecule has 130 valence electrons. The fourth-order valence-corrected chi connectivity index (χ4v) is 1.72. The van der Waals surface area contributed by atoms with Gasteiger partial charge in [0.2, 0.25) is 0 Å². The molecule has 0 radical (unpaired) electrons. The number of carbonyl (C=O) groups is 4. The van der Waals surface area contributed by atoms with Crippen molar-refractivity contribution in [1.29, 1.82) is 0 Å². The van der Waals surface area contributed by atoms with Crippen molar-refractivity contribution in [3.63, 3.8) is 0 Å². The average molecular weight is 339 g/mol. The molecule has 9 heteroatoms. The zero-order chi connectivity index (χ0) is 18.1. The highest BCUT2D eigenvalue weighted by atomic mass is 16.6. The molecule has 0 saturated carbocycles. The molecule has 1 aromatic carbocycles. The summed E-state index contributed by atoms with van der Waals surface area (Å²) < 4.78 is 9.89. The van der Waals surface area contributed by atoms with E-state index in [1.165, 1.54) is 12.1 Å². The summed E-state index contributed by atoms with van der Waals surface area (Å²) in [5.41, 5.74) is 0.538. The third-order valence-corrected chi connectivity index (χ3v) is 2.82. The Morgan fingerprint density at radius 1 is 1.12 bits per heavy atom. The van der Waals surface area contributed by atoms with E-state index in [2.05, 4.69) is 0 Å². The Kier molecular flexibility index (Phi) is 7.21. The van der Waals surface area contributed by atoms with Crippen molar-refractivity contribution in [2.45, 2.75) is 19.4 Å². The van der Waals surface area contributed by atoms with Crippen molar-refractivity contribution in [3.05, 3.63) is 29.8 Å². The first-order valence-electron chi connectivity index (χ1n) is 6.97. The molecular weight excluding hydrogens is 322 g/mol. The second-order valence-electron chi connectivity index (χ2n) is 4.61. The van der Waals surface area contributed by atoms with Gasteiger partial charge in [-0.2, -0.15) is 0 Å². The minimum atomic E-state index is -1.76. The van der Waals surface area contributed by atoms with Gasteiger partial charge in [-0.05, 0) is 24.6 Å². The molecule has 9 nitrogen and oxygen atoms in total. The predicted octanol–water partition coefficient (Wildman–Crippen LogP) is -0.175. The van der Waals surface area contributed by atoms with E-state index in [0.29, 0.717) is 11.3 Å². The van der Waals surface area contributed by atoms with Gasteiger partial charge in [0.05, 0.1) is 6.61 Å². The SMILES string of the molecule is CCOC(=O)COc1ccc(C[C@@H](NC(=O)C(=O)O)C(=O)O)cc1. The molecule has 0 aliphatic carbocycles. The number of benzene rings is 1. The molecule has 0 fully saturated rings. The highest BCUT2D eigenvalue weighted by Gasteiger charge is 2.23. The number of rotatable bonds is 8. The number of carbonyl (C=O) groups excluding carboxylic acids is 2. The zero-order valence-electron chi connectivity index (χ0n) is 12.9. The lowest BCUT2D eigenvalue weighted by molar-refractivity contribution is -0.152. The summed E-state index contributed by atoms with van der Waals surface area (Å²) in [6.07, 6.45) is -0.105. The molecule has 0 unspecified atom stereocenters. The molecule has 0 saturated heterocycles. The lowest BCUT2D eigenvalue weighted by Gasteiger charge is -2.13. The Morgan fingerprint density at radius 3 is 2.25 bits per heavy atom. The van der Waals surface area contributed by atoms with E-state index >= 15 is 0 Å². The van der Waals surface area contributed by atoms with Crippen LogP contribution in [0, 0.1) is 0 Å². The van der Waals surface area contributed by atoms with Crippen molar-refractivity contribution in [3.8, 4) is 5.75 Å². The van der Waals surface area contributed by atoms with E-state index in [1.807, 2.05) is 5.32 Å². The molecule has 0 bridgehead atoms. The highest BCUT2D eigenvalue weighted by Crippen LogP contribution is 2.13. The van der Waals surface area contributed by atoms with Gasteiger partial charge in [-0.1, -0.05) is 12.1 Å². The third kappa shape index (κ3) is 6.34. The number of ether oxygens (including phenoxy) is 2. The summed E-state index contributed by atoms with van der Waals surface area (Å²) >= 11 is 0. The summed E-state index contributed by atoms with van der Waals surface area (Å²) in [6, 6.07) is 4.76. The molecular formula is C15H17NO8. The summed E-state index contributed by atoms with van der Waals surface area (Å²) in [5.74, 6) is -4.63. The Balaban J connectivity index is 2.63. The van der Waals surface area contributed by atoms with Crippen LogP contribution in [-0.2, 0) is 30.3 Å². The Hall–Kier alpha value is -3.10. The van der Waals surface area contributed by atoms with Crippen LogP contribution in [0.2, 0.25) is 0 Å². The standard InChI is InChI=1S/C15H17NO8/c1-2-23-12(17)8-24-10-5-3-9(4-6-10)7-11(14(19)20)16-13(18)15(21)22/h3-6,11H,2,7-8H2,1H3,(H,16,18)(H,19,20)(H,21,22)/t11-/m1/s1. The molecule has 0 heterocycles. The van der Waals surface area contributed by atoms with Crippen LogP contribution in [0.3, 0.4) is 0 Å². The highest BCUT2D eigenvalue weighted by molar-refractivity contribution is 6.31. The second kappa shape index (κ2) is 9.13. The molecule has 1 atom stereocenters. The minimum Gasteiger partial charge on any atom is -0.482 e. The van der Waals surface area contributed by atoms with Gasteiger partial charge in [0.1, 0.15) is 11.8 Å². The number of hydrogen-bond donors (Lipinski definition) is 3. The first-order valence-corrected chi connectivity index (χ1v) is 6.97. The molecule has 0 spiro atoms. The molecule has 24 heavy (non-hydrogen) atoms. The van der Waals surface area contributed by atoms with Gasteiger partial charge in [0.15, 0.2) is 6.61 Å². The summed E-state index contributed by atoms with van der Waals surface area (Å²) in [6.45, 7) is 1.67. The zero-order valence-corrected chi connectivity index (χ0v) is 12.9. The Labute approximate surface area is 137 Å². The van der Waals surface area contributed by atoms with Gasteiger partial charge in [0.25, 0.3) is 0 Å². The molecule has 0 aliphatic heterocycles. The van der Waals surface area contributed by atoms with Crippen molar-refractivity contribution < 1.29 is 38.9 Å². The number of hydrogen-bond acceptors (Lipinski definition) is 6. The van der Waals surface area contributed by atoms with Crippen molar-refractivity contribution in [2.24, 2.45) is 0 Å². The van der Waals surface area contributed by atoms with Crippen molar-refractivity contribution >= 4 is 23.8 Å². The quantitative estimate of drug-likeness (QED) is 0.438.